The molecule has 0 aliphatic carbocycles. The number of rotatable bonds is 5. The van der Waals surface area contributed by atoms with Crippen molar-refractivity contribution in [3.63, 3.8) is 0 Å². The largest absolute Gasteiger partial charge is 0.435 e. The number of halogens is 2. The molecule has 2 rings (SSSR count). The number of alkyl halides is 2. The molecular formula is C15H22F2N2O. The lowest BCUT2D eigenvalue weighted by atomic mass is 9.90. The normalized spacial score (nSPS) is 18.4. The lowest BCUT2D eigenvalue weighted by molar-refractivity contribution is -0.0498. The molecule has 0 saturated carbocycles. The van der Waals surface area contributed by atoms with Gasteiger partial charge < -0.3 is 15.0 Å². The number of hydrogen-bond donors (Lipinski definition) is 1. The van der Waals surface area contributed by atoms with Gasteiger partial charge in [0, 0.05) is 30.9 Å². The van der Waals surface area contributed by atoms with Gasteiger partial charge in [-0.2, -0.15) is 8.78 Å². The molecule has 0 radical (unpaired) electrons. The smallest absolute Gasteiger partial charge is 0.387 e. The summed E-state index contributed by atoms with van der Waals surface area (Å²) in [7, 11) is 0. The first-order chi connectivity index (χ1) is 9.58. The van der Waals surface area contributed by atoms with Crippen LogP contribution in [-0.2, 0) is 0 Å². The summed E-state index contributed by atoms with van der Waals surface area (Å²) in [4.78, 5) is 2.30. The molecule has 0 spiro atoms. The second-order valence-corrected chi connectivity index (χ2v) is 5.21. The summed E-state index contributed by atoms with van der Waals surface area (Å²) in [6.45, 7) is 4.43. The minimum atomic E-state index is -2.77. The molecule has 20 heavy (non-hydrogen) atoms. The van der Waals surface area contributed by atoms with Crippen LogP contribution in [0.3, 0.4) is 0 Å². The third kappa shape index (κ3) is 3.39. The highest BCUT2D eigenvalue weighted by Gasteiger charge is 2.31. The number of nitrogens with one attached hydrogen (secondary N) is 1. The summed E-state index contributed by atoms with van der Waals surface area (Å²) in [5, 5.41) is 3.60. The fourth-order valence-electron chi connectivity index (χ4n) is 2.74. The lowest BCUT2D eigenvalue weighted by Gasteiger charge is -2.44. The van der Waals surface area contributed by atoms with E-state index in [4.69, 9.17) is 0 Å². The Kier molecular flexibility index (Phi) is 4.81. The monoisotopic (exact) mass is 284 g/mol. The number of hydrogen-bond acceptors (Lipinski definition) is 3. The molecule has 0 bridgehead atoms. The van der Waals surface area contributed by atoms with Gasteiger partial charge in [-0.15, -0.1) is 0 Å². The van der Waals surface area contributed by atoms with E-state index in [0.717, 1.165) is 38.2 Å². The zero-order valence-electron chi connectivity index (χ0n) is 12.0. The van der Waals surface area contributed by atoms with Crippen LogP contribution in [0.4, 0.5) is 14.5 Å². The molecule has 5 heteroatoms. The van der Waals surface area contributed by atoms with E-state index in [2.05, 4.69) is 28.8 Å². The average molecular weight is 284 g/mol. The van der Waals surface area contributed by atoms with Crippen LogP contribution in [0.5, 0.6) is 5.75 Å². The van der Waals surface area contributed by atoms with Crippen molar-refractivity contribution in [2.45, 2.75) is 38.8 Å². The Morgan fingerprint density at radius 2 is 1.90 bits per heavy atom. The average Bonchev–Trinajstić information content (AvgIpc) is 2.47. The second-order valence-electron chi connectivity index (χ2n) is 5.21. The molecule has 0 aromatic heterocycles. The standard InChI is InChI=1S/C15H22F2N2O/c1-3-15(4-2)11-19(10-9-18-15)12-5-7-13(8-6-12)20-14(16)17/h5-8,14,18H,3-4,9-11H2,1-2H3. The van der Waals surface area contributed by atoms with Crippen LogP contribution in [0, 0.1) is 0 Å². The molecule has 0 atom stereocenters. The van der Waals surface area contributed by atoms with Crippen LogP contribution in [-0.4, -0.2) is 31.8 Å². The second kappa shape index (κ2) is 6.39. The zero-order chi connectivity index (χ0) is 14.6. The van der Waals surface area contributed by atoms with Gasteiger partial charge in [0.1, 0.15) is 5.75 Å². The third-order valence-electron chi connectivity index (χ3n) is 4.16. The molecular weight excluding hydrogens is 262 g/mol. The number of piperazine rings is 1. The molecule has 3 nitrogen and oxygen atoms in total. The fraction of sp³-hybridized carbons (Fsp3) is 0.600. The Bertz CT molecular complexity index is 418. The number of anilines is 1. The highest BCUT2D eigenvalue weighted by molar-refractivity contribution is 5.50. The predicted octanol–water partition coefficient (Wildman–Crippen LogP) is 3.26. The van der Waals surface area contributed by atoms with Gasteiger partial charge in [-0.3, -0.25) is 0 Å². The maximum absolute atomic E-state index is 12.1. The van der Waals surface area contributed by atoms with Crippen molar-refractivity contribution in [1.82, 2.24) is 5.32 Å². The maximum atomic E-state index is 12.1. The first-order valence-electron chi connectivity index (χ1n) is 7.13. The van der Waals surface area contributed by atoms with Gasteiger partial charge in [-0.1, -0.05) is 13.8 Å². The lowest BCUT2D eigenvalue weighted by Crippen LogP contribution is -2.60. The van der Waals surface area contributed by atoms with Gasteiger partial charge in [0.05, 0.1) is 0 Å². The molecule has 1 aliphatic rings. The van der Waals surface area contributed by atoms with Crippen LogP contribution in [0.15, 0.2) is 24.3 Å². The Morgan fingerprint density at radius 1 is 1.25 bits per heavy atom. The van der Waals surface area contributed by atoms with E-state index in [1.807, 2.05) is 12.1 Å². The van der Waals surface area contributed by atoms with E-state index >= 15 is 0 Å². The number of ether oxygens (including phenoxy) is 1. The molecule has 0 unspecified atom stereocenters. The minimum absolute atomic E-state index is 0.149. The van der Waals surface area contributed by atoms with Gasteiger partial charge in [0.25, 0.3) is 0 Å². The summed E-state index contributed by atoms with van der Waals surface area (Å²) >= 11 is 0. The zero-order valence-corrected chi connectivity index (χ0v) is 12.0. The van der Waals surface area contributed by atoms with E-state index in [-0.39, 0.29) is 11.3 Å². The summed E-state index contributed by atoms with van der Waals surface area (Å²) < 4.78 is 28.6. The molecule has 1 aromatic rings. The molecule has 1 fully saturated rings. The molecule has 1 aromatic carbocycles. The van der Waals surface area contributed by atoms with Gasteiger partial charge in [-0.05, 0) is 37.1 Å². The molecule has 112 valence electrons. The van der Waals surface area contributed by atoms with Crippen molar-refractivity contribution in [2.24, 2.45) is 0 Å². The number of benzene rings is 1. The number of nitrogens with zero attached hydrogens (tertiary/aromatic N) is 1. The molecule has 1 saturated heterocycles. The fourth-order valence-corrected chi connectivity index (χ4v) is 2.74. The van der Waals surface area contributed by atoms with E-state index in [1.54, 1.807) is 12.1 Å². The Labute approximate surface area is 118 Å². The van der Waals surface area contributed by atoms with Crippen molar-refractivity contribution in [1.29, 1.82) is 0 Å². The summed E-state index contributed by atoms with van der Waals surface area (Å²) in [6, 6.07) is 6.89. The third-order valence-corrected chi connectivity index (χ3v) is 4.16. The van der Waals surface area contributed by atoms with Gasteiger partial charge in [0.15, 0.2) is 0 Å². The molecule has 1 N–H and O–H groups in total. The van der Waals surface area contributed by atoms with Crippen molar-refractivity contribution in [3.8, 4) is 5.75 Å². The topological polar surface area (TPSA) is 24.5 Å². The van der Waals surface area contributed by atoms with Gasteiger partial charge >= 0.3 is 6.61 Å². The summed E-state index contributed by atoms with van der Waals surface area (Å²) in [5.41, 5.74) is 1.20. The first-order valence-corrected chi connectivity index (χ1v) is 7.13. The van der Waals surface area contributed by atoms with Gasteiger partial charge in [0.2, 0.25) is 0 Å². The van der Waals surface area contributed by atoms with E-state index in [9.17, 15) is 8.78 Å². The van der Waals surface area contributed by atoms with Crippen molar-refractivity contribution in [3.05, 3.63) is 24.3 Å². The van der Waals surface area contributed by atoms with Crippen molar-refractivity contribution in [2.75, 3.05) is 24.5 Å². The van der Waals surface area contributed by atoms with Crippen molar-refractivity contribution >= 4 is 5.69 Å². The van der Waals surface area contributed by atoms with E-state index in [1.165, 1.54) is 0 Å². The summed E-state index contributed by atoms with van der Waals surface area (Å²) in [6.07, 6.45) is 2.15. The van der Waals surface area contributed by atoms with E-state index in [0.29, 0.717) is 0 Å². The molecule has 0 amide bonds. The Hall–Kier alpha value is -1.36. The van der Waals surface area contributed by atoms with Crippen LogP contribution in [0.25, 0.3) is 0 Å². The minimum Gasteiger partial charge on any atom is -0.435 e. The van der Waals surface area contributed by atoms with Crippen LogP contribution in [0.2, 0.25) is 0 Å². The van der Waals surface area contributed by atoms with Crippen molar-refractivity contribution < 1.29 is 13.5 Å². The van der Waals surface area contributed by atoms with Gasteiger partial charge in [-0.25, -0.2) is 0 Å². The van der Waals surface area contributed by atoms with Crippen LogP contribution in [0.1, 0.15) is 26.7 Å². The highest BCUT2D eigenvalue weighted by atomic mass is 19.3. The molecule has 1 aliphatic heterocycles. The maximum Gasteiger partial charge on any atom is 0.387 e. The first kappa shape index (κ1) is 15.0. The summed E-state index contributed by atoms with van der Waals surface area (Å²) in [5.74, 6) is 0.205. The Morgan fingerprint density at radius 3 is 2.45 bits per heavy atom. The quantitative estimate of drug-likeness (QED) is 0.898. The molecule has 1 heterocycles. The predicted molar refractivity (Wildman–Crippen MR) is 76.6 cm³/mol. The van der Waals surface area contributed by atoms with E-state index < -0.39 is 6.61 Å². The SMILES string of the molecule is CCC1(CC)CN(c2ccc(OC(F)F)cc2)CCN1. The van der Waals surface area contributed by atoms with Crippen LogP contribution < -0.4 is 15.0 Å². The highest BCUT2D eigenvalue weighted by Crippen LogP contribution is 2.26. The van der Waals surface area contributed by atoms with Crippen LogP contribution >= 0.6 is 0 Å². The Balaban J connectivity index is 2.07.